The van der Waals surface area contributed by atoms with Gasteiger partial charge in [-0.05, 0) is 24.3 Å². The Morgan fingerprint density at radius 1 is 1.61 bits per heavy atom. The van der Waals surface area contributed by atoms with Gasteiger partial charge in [0.1, 0.15) is 11.9 Å². The highest BCUT2D eigenvalue weighted by atomic mass is 16.5. The fourth-order valence-corrected chi connectivity index (χ4v) is 1.71. The highest BCUT2D eigenvalue weighted by Gasteiger charge is 2.18. The Bertz CT molecular complexity index is 454. The summed E-state index contributed by atoms with van der Waals surface area (Å²) < 4.78 is 10.9. The van der Waals surface area contributed by atoms with Gasteiger partial charge in [0.25, 0.3) is 0 Å². The van der Waals surface area contributed by atoms with E-state index in [4.69, 9.17) is 15.2 Å². The molecule has 3 N–H and O–H groups in total. The highest BCUT2D eigenvalue weighted by molar-refractivity contribution is 5.99. The minimum atomic E-state index is -0.271. The number of nitrogens with one attached hydrogen (secondary N) is 1. The van der Waals surface area contributed by atoms with Crippen LogP contribution < -0.4 is 15.8 Å². The zero-order valence-corrected chi connectivity index (χ0v) is 10.0. The molecule has 1 fully saturated rings. The summed E-state index contributed by atoms with van der Waals surface area (Å²) in [6.07, 6.45) is 2.13. The van der Waals surface area contributed by atoms with E-state index in [9.17, 15) is 4.79 Å². The van der Waals surface area contributed by atoms with E-state index in [1.54, 1.807) is 18.2 Å². The number of rotatable bonds is 4. The number of benzene rings is 1. The van der Waals surface area contributed by atoms with Crippen LogP contribution in [0.4, 0.5) is 11.4 Å². The summed E-state index contributed by atoms with van der Waals surface area (Å²) in [5.41, 5.74) is 6.98. The first-order chi connectivity index (χ1) is 8.69. The predicted octanol–water partition coefficient (Wildman–Crippen LogP) is 1.56. The van der Waals surface area contributed by atoms with E-state index in [1.807, 2.05) is 0 Å². The van der Waals surface area contributed by atoms with Crippen LogP contribution in [0.5, 0.6) is 5.75 Å². The Morgan fingerprint density at radius 2 is 2.44 bits per heavy atom. The second-order valence-electron chi connectivity index (χ2n) is 4.05. The zero-order chi connectivity index (χ0) is 13.0. The van der Waals surface area contributed by atoms with Crippen molar-refractivity contribution in [3.63, 3.8) is 0 Å². The molecular weight excluding hydrogens is 232 g/mol. The minimum Gasteiger partial charge on any atom is -0.486 e. The number of hydrogen-bond acceptors (Lipinski definition) is 4. The third-order valence-corrected chi connectivity index (χ3v) is 2.64. The maximum atomic E-state index is 11.1. The number of carbonyl (C=O) groups is 1. The smallest absolute Gasteiger partial charge is 0.247 e. The number of ether oxygens (including phenoxy) is 2. The van der Waals surface area contributed by atoms with Crippen LogP contribution in [0.25, 0.3) is 0 Å². The summed E-state index contributed by atoms with van der Waals surface area (Å²) in [6, 6.07) is 5.14. The van der Waals surface area contributed by atoms with Crippen LogP contribution in [-0.2, 0) is 9.53 Å². The largest absolute Gasteiger partial charge is 0.486 e. The lowest BCUT2D eigenvalue weighted by Gasteiger charge is -2.14. The van der Waals surface area contributed by atoms with E-state index in [0.29, 0.717) is 23.7 Å². The third kappa shape index (κ3) is 3.01. The summed E-state index contributed by atoms with van der Waals surface area (Å²) in [5.74, 6) is 0.342. The molecule has 1 unspecified atom stereocenters. The maximum Gasteiger partial charge on any atom is 0.247 e. The Morgan fingerprint density at radius 3 is 3.06 bits per heavy atom. The van der Waals surface area contributed by atoms with Crippen LogP contribution in [-0.4, -0.2) is 25.2 Å². The third-order valence-electron chi connectivity index (χ3n) is 2.64. The van der Waals surface area contributed by atoms with Crippen molar-refractivity contribution in [1.29, 1.82) is 0 Å². The van der Waals surface area contributed by atoms with Crippen molar-refractivity contribution in [3.05, 3.63) is 30.9 Å². The van der Waals surface area contributed by atoms with Crippen LogP contribution in [0.15, 0.2) is 30.9 Å². The molecule has 1 aromatic carbocycles. The van der Waals surface area contributed by atoms with E-state index >= 15 is 0 Å². The topological polar surface area (TPSA) is 73.6 Å². The molecule has 0 aromatic heterocycles. The quantitative estimate of drug-likeness (QED) is 0.626. The summed E-state index contributed by atoms with van der Waals surface area (Å²) in [5, 5.41) is 2.64. The molecular formula is C13H16N2O3. The molecule has 1 aliphatic heterocycles. The molecule has 0 saturated carbocycles. The van der Waals surface area contributed by atoms with Crippen LogP contribution in [0.2, 0.25) is 0 Å². The van der Waals surface area contributed by atoms with E-state index in [2.05, 4.69) is 11.9 Å². The molecule has 0 spiro atoms. The molecule has 2 rings (SSSR count). The number of amides is 1. The number of nitrogens with two attached hydrogens (primary N) is 1. The number of nitrogen functional groups attached to an aromatic ring is 1. The van der Waals surface area contributed by atoms with E-state index in [-0.39, 0.29) is 12.0 Å². The molecule has 1 aliphatic rings. The van der Waals surface area contributed by atoms with Crippen molar-refractivity contribution in [2.45, 2.75) is 12.5 Å². The van der Waals surface area contributed by atoms with Crippen LogP contribution >= 0.6 is 0 Å². The summed E-state index contributed by atoms with van der Waals surface area (Å²) in [6.45, 7) is 4.70. The average Bonchev–Trinajstić information content (AvgIpc) is 2.85. The molecule has 1 saturated heterocycles. The van der Waals surface area contributed by atoms with E-state index in [0.717, 1.165) is 13.0 Å². The lowest BCUT2D eigenvalue weighted by molar-refractivity contribution is -0.111. The lowest BCUT2D eigenvalue weighted by atomic mass is 10.2. The van der Waals surface area contributed by atoms with Crippen molar-refractivity contribution >= 4 is 17.3 Å². The molecule has 1 atom stereocenters. The summed E-state index contributed by atoms with van der Waals surface area (Å²) in [7, 11) is 0. The molecule has 0 bridgehead atoms. The first-order valence-electron chi connectivity index (χ1n) is 5.76. The van der Waals surface area contributed by atoms with Gasteiger partial charge in [0, 0.05) is 12.1 Å². The lowest BCUT2D eigenvalue weighted by Crippen LogP contribution is -2.16. The molecule has 1 heterocycles. The monoisotopic (exact) mass is 248 g/mol. The second kappa shape index (κ2) is 5.55. The van der Waals surface area contributed by atoms with E-state index < -0.39 is 0 Å². The van der Waals surface area contributed by atoms with Gasteiger partial charge in [-0.25, -0.2) is 0 Å². The van der Waals surface area contributed by atoms with Gasteiger partial charge in [-0.15, -0.1) is 0 Å². The van der Waals surface area contributed by atoms with Gasteiger partial charge in [0.05, 0.1) is 18.9 Å². The molecule has 18 heavy (non-hydrogen) atoms. The molecule has 96 valence electrons. The van der Waals surface area contributed by atoms with Crippen LogP contribution in [0.3, 0.4) is 0 Å². The van der Waals surface area contributed by atoms with Crippen LogP contribution in [0.1, 0.15) is 6.42 Å². The average molecular weight is 248 g/mol. The standard InChI is InChI=1S/C13H16N2O3/c1-2-13(16)15-9-3-4-12(11(14)7-9)18-10-5-6-17-8-10/h2-4,7,10H,1,5-6,8,14H2,(H,15,16). The van der Waals surface area contributed by atoms with Crippen molar-refractivity contribution < 1.29 is 14.3 Å². The van der Waals surface area contributed by atoms with Gasteiger partial charge >= 0.3 is 0 Å². The first-order valence-corrected chi connectivity index (χ1v) is 5.76. The Labute approximate surface area is 106 Å². The fraction of sp³-hybridized carbons (Fsp3) is 0.308. The van der Waals surface area contributed by atoms with Crippen molar-refractivity contribution in [1.82, 2.24) is 0 Å². The van der Waals surface area contributed by atoms with Crippen molar-refractivity contribution in [2.24, 2.45) is 0 Å². The molecule has 0 aliphatic carbocycles. The molecule has 1 aromatic rings. The predicted molar refractivity (Wildman–Crippen MR) is 69.5 cm³/mol. The normalized spacial score (nSPS) is 18.3. The zero-order valence-electron chi connectivity index (χ0n) is 10.0. The molecule has 1 amide bonds. The van der Waals surface area contributed by atoms with Gasteiger partial charge in [-0.1, -0.05) is 6.58 Å². The molecule has 5 nitrogen and oxygen atoms in total. The number of hydrogen-bond donors (Lipinski definition) is 2. The van der Waals surface area contributed by atoms with Crippen molar-refractivity contribution in [3.8, 4) is 5.75 Å². The Hall–Kier alpha value is -2.01. The van der Waals surface area contributed by atoms with Gasteiger partial charge in [0.2, 0.25) is 5.91 Å². The van der Waals surface area contributed by atoms with Crippen molar-refractivity contribution in [2.75, 3.05) is 24.3 Å². The van der Waals surface area contributed by atoms with Gasteiger partial charge in [-0.3, -0.25) is 4.79 Å². The van der Waals surface area contributed by atoms with Crippen LogP contribution in [0, 0.1) is 0 Å². The fourth-order valence-electron chi connectivity index (χ4n) is 1.71. The van der Waals surface area contributed by atoms with E-state index in [1.165, 1.54) is 6.08 Å². The van der Waals surface area contributed by atoms with Gasteiger partial charge in [-0.2, -0.15) is 0 Å². The first kappa shape index (κ1) is 12.4. The maximum absolute atomic E-state index is 11.1. The van der Waals surface area contributed by atoms with Gasteiger partial charge < -0.3 is 20.5 Å². The highest BCUT2D eigenvalue weighted by Crippen LogP contribution is 2.27. The second-order valence-corrected chi connectivity index (χ2v) is 4.05. The Balaban J connectivity index is 2.04. The summed E-state index contributed by atoms with van der Waals surface area (Å²) in [4.78, 5) is 11.1. The van der Waals surface area contributed by atoms with Gasteiger partial charge in [0.15, 0.2) is 0 Å². The molecule has 5 heteroatoms. The molecule has 0 radical (unpaired) electrons. The number of anilines is 2. The number of carbonyl (C=O) groups excluding carboxylic acids is 1. The summed E-state index contributed by atoms with van der Waals surface area (Å²) >= 11 is 0. The SMILES string of the molecule is C=CC(=O)Nc1ccc(OC2CCOC2)c(N)c1. The minimum absolute atomic E-state index is 0.0564. The Kier molecular flexibility index (Phi) is 3.84.